The molecule has 2 heterocycles. The van der Waals surface area contributed by atoms with Crippen LogP contribution in [0.3, 0.4) is 0 Å². The summed E-state index contributed by atoms with van der Waals surface area (Å²) in [5, 5.41) is 7.18. The van der Waals surface area contributed by atoms with Gasteiger partial charge in [0.25, 0.3) is 5.91 Å². The number of nitrogens with one attached hydrogen (secondary N) is 2. The molecule has 9 heteroatoms. The second-order valence-electron chi connectivity index (χ2n) is 10.2. The number of fused-ring (bicyclic) bond motifs is 1. The molecular weight excluding hydrogens is 493 g/mol. The Morgan fingerprint density at radius 2 is 1.86 bits per heavy atom. The van der Waals surface area contributed by atoms with Crippen LogP contribution in [0.4, 0.5) is 10.1 Å². The van der Waals surface area contributed by atoms with Gasteiger partial charge in [0.15, 0.2) is 0 Å². The summed E-state index contributed by atoms with van der Waals surface area (Å²) in [5.41, 5.74) is 3.14. The number of rotatable bonds is 9. The lowest BCUT2D eigenvalue weighted by Gasteiger charge is -2.22. The van der Waals surface area contributed by atoms with Crippen molar-refractivity contribution in [2.24, 2.45) is 11.8 Å². The molecule has 1 aliphatic heterocycles. The van der Waals surface area contributed by atoms with Crippen molar-refractivity contribution in [1.82, 2.24) is 10.3 Å². The van der Waals surface area contributed by atoms with Crippen LogP contribution in [0.2, 0.25) is 0 Å². The number of amides is 1. The quantitative estimate of drug-likeness (QED) is 0.423. The van der Waals surface area contributed by atoms with Crippen LogP contribution in [0.5, 0.6) is 5.75 Å². The first kappa shape index (κ1) is 25.6. The second kappa shape index (κ2) is 10.8. The number of aryl methyl sites for hydroxylation is 1. The molecule has 2 fully saturated rings. The Balaban J connectivity index is 1.20. The SMILES string of the molecule is Cc1c(NC(=O)c2ccc(OCC3CC3)cc2F)ccc2cc(CNCC3CCS(=O)(=O)CC3)cnc12. The van der Waals surface area contributed by atoms with Gasteiger partial charge in [-0.3, -0.25) is 9.78 Å². The number of carbonyl (C=O) groups excluding carboxylic acids is 1. The van der Waals surface area contributed by atoms with Crippen LogP contribution in [-0.4, -0.2) is 44.0 Å². The van der Waals surface area contributed by atoms with Crippen molar-refractivity contribution in [3.8, 4) is 5.75 Å². The summed E-state index contributed by atoms with van der Waals surface area (Å²) in [6.07, 6.45) is 5.52. The number of aromatic nitrogens is 1. The summed E-state index contributed by atoms with van der Waals surface area (Å²) in [7, 11) is -2.84. The highest BCUT2D eigenvalue weighted by Gasteiger charge is 2.24. The van der Waals surface area contributed by atoms with Gasteiger partial charge in [0.2, 0.25) is 0 Å². The molecule has 1 aromatic heterocycles. The van der Waals surface area contributed by atoms with Crippen LogP contribution in [-0.2, 0) is 16.4 Å². The molecule has 0 radical (unpaired) electrons. The van der Waals surface area contributed by atoms with E-state index in [1.165, 1.54) is 12.1 Å². The molecule has 2 aliphatic rings. The molecule has 196 valence electrons. The lowest BCUT2D eigenvalue weighted by molar-refractivity contribution is 0.102. The monoisotopic (exact) mass is 525 g/mol. The maximum absolute atomic E-state index is 14.6. The van der Waals surface area contributed by atoms with Gasteiger partial charge in [-0.25, -0.2) is 12.8 Å². The smallest absolute Gasteiger partial charge is 0.258 e. The van der Waals surface area contributed by atoms with Crippen molar-refractivity contribution >= 4 is 32.3 Å². The number of halogens is 1. The third kappa shape index (κ3) is 6.45. The van der Waals surface area contributed by atoms with E-state index in [-0.39, 0.29) is 17.1 Å². The molecule has 1 amide bonds. The molecule has 1 aliphatic carbocycles. The van der Waals surface area contributed by atoms with Crippen LogP contribution < -0.4 is 15.4 Å². The zero-order chi connectivity index (χ0) is 26.0. The number of sulfone groups is 1. The Bertz CT molecular complexity index is 1410. The van der Waals surface area contributed by atoms with Crippen molar-refractivity contribution in [2.75, 3.05) is 30.0 Å². The van der Waals surface area contributed by atoms with Crippen LogP contribution in [0.25, 0.3) is 10.9 Å². The van der Waals surface area contributed by atoms with Crippen molar-refractivity contribution in [2.45, 2.75) is 39.2 Å². The van der Waals surface area contributed by atoms with Gasteiger partial charge in [0.05, 0.1) is 29.2 Å². The van der Waals surface area contributed by atoms with Gasteiger partial charge in [0, 0.05) is 29.9 Å². The van der Waals surface area contributed by atoms with Crippen molar-refractivity contribution in [3.05, 3.63) is 65.1 Å². The van der Waals surface area contributed by atoms with Gasteiger partial charge in [-0.05, 0) is 86.4 Å². The first-order valence-electron chi connectivity index (χ1n) is 12.8. The van der Waals surface area contributed by atoms with E-state index in [2.05, 4.69) is 21.7 Å². The predicted molar refractivity (Wildman–Crippen MR) is 142 cm³/mol. The Hall–Kier alpha value is -3.04. The summed E-state index contributed by atoms with van der Waals surface area (Å²) in [6, 6.07) is 10.1. The summed E-state index contributed by atoms with van der Waals surface area (Å²) in [6.45, 7) is 3.88. The number of nitrogens with zero attached hydrogens (tertiary/aromatic N) is 1. The van der Waals surface area contributed by atoms with Gasteiger partial charge in [-0.15, -0.1) is 0 Å². The highest BCUT2D eigenvalue weighted by molar-refractivity contribution is 7.91. The van der Waals surface area contributed by atoms with E-state index >= 15 is 0 Å². The minimum absolute atomic E-state index is 0.0387. The molecule has 2 N–H and O–H groups in total. The van der Waals surface area contributed by atoms with Crippen LogP contribution >= 0.6 is 0 Å². The van der Waals surface area contributed by atoms with Gasteiger partial charge in [0.1, 0.15) is 21.4 Å². The summed E-state index contributed by atoms with van der Waals surface area (Å²) >= 11 is 0. The zero-order valence-electron chi connectivity index (χ0n) is 20.9. The van der Waals surface area contributed by atoms with Crippen LogP contribution in [0.15, 0.2) is 42.6 Å². The standard InChI is InChI=1S/C28H32FN3O4S/c1-18-26(32-28(33)24-6-5-23(13-25(24)29)36-17-20-2-3-20)7-4-22-12-21(16-31-27(18)22)15-30-14-19-8-10-37(34,35)11-9-19/h4-7,12-13,16,19-20,30H,2-3,8-11,14-15,17H2,1H3,(H,32,33). The molecule has 0 bridgehead atoms. The Labute approximate surface area is 216 Å². The molecule has 7 nitrogen and oxygen atoms in total. The van der Waals surface area contributed by atoms with Gasteiger partial charge < -0.3 is 15.4 Å². The number of ether oxygens (including phenoxy) is 1. The number of hydrogen-bond acceptors (Lipinski definition) is 6. The second-order valence-corrected chi connectivity index (χ2v) is 12.5. The van der Waals surface area contributed by atoms with E-state index in [9.17, 15) is 17.6 Å². The maximum Gasteiger partial charge on any atom is 0.258 e. The van der Waals surface area contributed by atoms with Crippen LogP contribution in [0, 0.1) is 24.6 Å². The van der Waals surface area contributed by atoms with Crippen LogP contribution in [0.1, 0.15) is 47.2 Å². The minimum atomic E-state index is -2.84. The molecule has 0 unspecified atom stereocenters. The molecule has 37 heavy (non-hydrogen) atoms. The topological polar surface area (TPSA) is 97.4 Å². The first-order valence-corrected chi connectivity index (χ1v) is 14.6. The van der Waals surface area contributed by atoms with E-state index in [0.717, 1.165) is 41.4 Å². The maximum atomic E-state index is 14.6. The number of carbonyl (C=O) groups is 1. The van der Waals surface area contributed by atoms with Crippen molar-refractivity contribution in [1.29, 1.82) is 0 Å². The fourth-order valence-electron chi connectivity index (χ4n) is 4.65. The molecule has 0 spiro atoms. The first-order chi connectivity index (χ1) is 17.8. The third-order valence-corrected chi connectivity index (χ3v) is 8.93. The highest BCUT2D eigenvalue weighted by Crippen LogP contribution is 2.30. The number of anilines is 1. The van der Waals surface area contributed by atoms with E-state index < -0.39 is 21.6 Å². The van der Waals surface area contributed by atoms with E-state index in [4.69, 9.17) is 4.74 Å². The normalized spacial score (nSPS) is 17.6. The van der Waals surface area contributed by atoms with E-state index in [1.807, 2.05) is 19.1 Å². The predicted octanol–water partition coefficient (Wildman–Crippen LogP) is 4.64. The molecule has 0 atom stereocenters. The number of hydrogen-bond donors (Lipinski definition) is 2. The molecule has 1 saturated heterocycles. The molecule has 2 aromatic carbocycles. The summed E-state index contributed by atoms with van der Waals surface area (Å²) < 4.78 is 43.4. The van der Waals surface area contributed by atoms with Gasteiger partial charge in [-0.1, -0.05) is 6.07 Å². The Kier molecular flexibility index (Phi) is 7.44. The van der Waals surface area contributed by atoms with Crippen molar-refractivity contribution < 1.29 is 22.3 Å². The average molecular weight is 526 g/mol. The Morgan fingerprint density at radius 1 is 1.08 bits per heavy atom. The molecule has 1 saturated carbocycles. The highest BCUT2D eigenvalue weighted by atomic mass is 32.2. The zero-order valence-corrected chi connectivity index (χ0v) is 21.7. The van der Waals surface area contributed by atoms with E-state index in [0.29, 0.717) is 49.3 Å². The lowest BCUT2D eigenvalue weighted by atomic mass is 10.0. The van der Waals surface area contributed by atoms with E-state index in [1.54, 1.807) is 12.3 Å². The molecule has 5 rings (SSSR count). The summed E-state index contributed by atoms with van der Waals surface area (Å²) in [5.74, 6) is 0.793. The summed E-state index contributed by atoms with van der Waals surface area (Å²) in [4.78, 5) is 17.4. The minimum Gasteiger partial charge on any atom is -0.493 e. The fraction of sp³-hybridized carbons (Fsp3) is 0.429. The largest absolute Gasteiger partial charge is 0.493 e. The van der Waals surface area contributed by atoms with Gasteiger partial charge in [-0.2, -0.15) is 0 Å². The lowest BCUT2D eigenvalue weighted by Crippen LogP contribution is -2.30. The third-order valence-electron chi connectivity index (χ3n) is 7.21. The molecule has 3 aromatic rings. The molecular formula is C28H32FN3O4S. The Morgan fingerprint density at radius 3 is 2.59 bits per heavy atom. The van der Waals surface area contributed by atoms with Crippen molar-refractivity contribution in [3.63, 3.8) is 0 Å². The fourth-order valence-corrected chi connectivity index (χ4v) is 6.24. The average Bonchev–Trinajstić information content (AvgIpc) is 3.70. The van der Waals surface area contributed by atoms with Gasteiger partial charge >= 0.3 is 0 Å². The number of benzene rings is 2. The number of pyridine rings is 1.